The van der Waals surface area contributed by atoms with Crippen molar-refractivity contribution in [3.63, 3.8) is 0 Å². The van der Waals surface area contributed by atoms with Crippen LogP contribution in [0.4, 0.5) is 0 Å². The normalized spacial score (nSPS) is 9.71. The molecule has 0 spiro atoms. The third kappa shape index (κ3) is 2.26. The zero-order valence-corrected chi connectivity index (χ0v) is 11.4. The Morgan fingerprint density at radius 2 is 1.50 bits per heavy atom. The molecule has 0 aromatic heterocycles. The van der Waals surface area contributed by atoms with Gasteiger partial charge in [0, 0.05) is 0 Å². The number of hydrogen-bond acceptors (Lipinski definition) is 3. The topological polar surface area (TPSA) is 27.7 Å². The Bertz CT molecular complexity index is 287. The monoisotopic (exact) mass is 301 g/mol. The van der Waals surface area contributed by atoms with Gasteiger partial charge in [-0.05, 0) is 0 Å². The summed E-state index contributed by atoms with van der Waals surface area (Å²) in [6, 6.07) is 3.75. The van der Waals surface area contributed by atoms with Crippen molar-refractivity contribution in [2.75, 3.05) is 21.3 Å². The van der Waals surface area contributed by atoms with Crippen LogP contribution in [0.25, 0.3) is 0 Å². The minimum absolute atomic E-state index is 0.756. The quantitative estimate of drug-likeness (QED) is 0.786. The van der Waals surface area contributed by atoms with Gasteiger partial charge in [0.25, 0.3) is 0 Å². The molecule has 0 aliphatic carbocycles. The number of methoxy groups -OCH3 is 3. The summed E-state index contributed by atoms with van der Waals surface area (Å²) in [7, 11) is 4.94. The number of ether oxygens (including phenoxy) is 3. The van der Waals surface area contributed by atoms with Crippen molar-refractivity contribution in [2.45, 2.75) is 4.44 Å². The van der Waals surface area contributed by atoms with Crippen LogP contribution in [-0.2, 0) is 4.44 Å². The third-order valence-electron chi connectivity index (χ3n) is 1.99. The second kappa shape index (κ2) is 5.34. The molecule has 0 N–H and O–H groups in total. The van der Waals surface area contributed by atoms with Crippen LogP contribution in [0.5, 0.6) is 17.2 Å². The first-order valence-electron chi connectivity index (χ1n) is 4.20. The molecule has 3 nitrogen and oxygen atoms in total. The Balaban J connectivity index is 3.24. The molecule has 0 amide bonds. The van der Waals surface area contributed by atoms with Gasteiger partial charge >= 0.3 is 97.4 Å². The molecule has 75 valence electrons. The predicted octanol–water partition coefficient (Wildman–Crippen LogP) is 1.38. The van der Waals surface area contributed by atoms with E-state index in [-0.39, 0.29) is 0 Å². The van der Waals surface area contributed by atoms with Gasteiger partial charge in [-0.15, -0.1) is 0 Å². The standard InChI is InChI=1S/C10H13O3.Sn/c1-7-9(12-3)5-8(11-2)6-10(7)13-4;/h5-6H,1H2,2-4H3;. The molecule has 0 fully saturated rings. The van der Waals surface area contributed by atoms with Crippen molar-refractivity contribution in [1.29, 1.82) is 0 Å². The molecule has 0 bridgehead atoms. The Labute approximate surface area is 97.4 Å². The average Bonchev–Trinajstić information content (AvgIpc) is 2.26. The first-order valence-corrected chi connectivity index (χ1v) is 6.22. The van der Waals surface area contributed by atoms with Crippen molar-refractivity contribution in [3.8, 4) is 17.2 Å². The molecule has 0 aliphatic heterocycles. The summed E-state index contributed by atoms with van der Waals surface area (Å²) >= 11 is 1.43. The Morgan fingerprint density at radius 1 is 1.00 bits per heavy atom. The molecule has 1 aromatic carbocycles. The van der Waals surface area contributed by atoms with Crippen LogP contribution in [0.2, 0.25) is 0 Å². The maximum atomic E-state index is 5.28. The molecule has 14 heavy (non-hydrogen) atoms. The number of rotatable bonds is 4. The van der Waals surface area contributed by atoms with Crippen molar-refractivity contribution in [1.82, 2.24) is 0 Å². The van der Waals surface area contributed by atoms with E-state index in [1.54, 1.807) is 21.3 Å². The zero-order chi connectivity index (χ0) is 10.6. The fourth-order valence-corrected chi connectivity index (χ4v) is 2.25. The fourth-order valence-electron chi connectivity index (χ4n) is 1.25. The molecule has 0 saturated carbocycles. The molecular weight excluding hydrogens is 287 g/mol. The Kier molecular flexibility index (Phi) is 4.38. The van der Waals surface area contributed by atoms with Crippen LogP contribution in [0.15, 0.2) is 12.1 Å². The summed E-state index contributed by atoms with van der Waals surface area (Å²) in [5.41, 5.74) is 1.11. The third-order valence-corrected chi connectivity index (χ3v) is 3.00. The maximum absolute atomic E-state index is 5.28. The Morgan fingerprint density at radius 3 is 1.79 bits per heavy atom. The van der Waals surface area contributed by atoms with Gasteiger partial charge in [0.05, 0.1) is 0 Å². The second-order valence-corrected chi connectivity index (χ2v) is 3.70. The van der Waals surface area contributed by atoms with Crippen LogP contribution >= 0.6 is 0 Å². The molecule has 0 heterocycles. The van der Waals surface area contributed by atoms with Crippen LogP contribution in [0, 0.1) is 0 Å². The van der Waals surface area contributed by atoms with E-state index in [4.69, 9.17) is 14.2 Å². The molecule has 1 rings (SSSR count). The molecule has 4 heteroatoms. The van der Waals surface area contributed by atoms with Gasteiger partial charge < -0.3 is 0 Å². The van der Waals surface area contributed by atoms with Gasteiger partial charge in [-0.3, -0.25) is 0 Å². The van der Waals surface area contributed by atoms with Gasteiger partial charge in [0.15, 0.2) is 0 Å². The summed E-state index contributed by atoms with van der Waals surface area (Å²) in [4.78, 5) is 0. The first-order chi connectivity index (χ1) is 6.76. The molecule has 3 radical (unpaired) electrons. The van der Waals surface area contributed by atoms with E-state index < -0.39 is 0 Å². The van der Waals surface area contributed by atoms with Gasteiger partial charge in [-0.1, -0.05) is 0 Å². The van der Waals surface area contributed by atoms with Crippen LogP contribution in [0.3, 0.4) is 0 Å². The first kappa shape index (κ1) is 11.5. The van der Waals surface area contributed by atoms with E-state index in [0.29, 0.717) is 0 Å². The predicted molar refractivity (Wildman–Crippen MR) is 55.6 cm³/mol. The van der Waals surface area contributed by atoms with E-state index in [0.717, 1.165) is 27.2 Å². The van der Waals surface area contributed by atoms with Crippen molar-refractivity contribution in [3.05, 3.63) is 17.7 Å². The fraction of sp³-hybridized carbons (Fsp3) is 0.400. The molecule has 0 saturated heterocycles. The SMILES string of the molecule is COc1cc(OC)c([CH2][Sn])c(OC)c1. The summed E-state index contributed by atoms with van der Waals surface area (Å²) in [6.07, 6.45) is 0. The summed E-state index contributed by atoms with van der Waals surface area (Å²) in [5, 5.41) is 0. The molecular formula is C10H13O3Sn. The minimum atomic E-state index is 0.756. The van der Waals surface area contributed by atoms with E-state index >= 15 is 0 Å². The number of hydrogen-bond donors (Lipinski definition) is 0. The number of benzene rings is 1. The van der Waals surface area contributed by atoms with Gasteiger partial charge in [0.1, 0.15) is 0 Å². The second-order valence-electron chi connectivity index (χ2n) is 2.69. The molecule has 0 atom stereocenters. The van der Waals surface area contributed by atoms with Crippen LogP contribution in [0.1, 0.15) is 5.56 Å². The van der Waals surface area contributed by atoms with E-state index in [1.165, 1.54) is 22.5 Å². The van der Waals surface area contributed by atoms with Crippen molar-refractivity contribution < 1.29 is 14.2 Å². The summed E-state index contributed by atoms with van der Waals surface area (Å²) in [6.45, 7) is 0. The van der Waals surface area contributed by atoms with E-state index in [1.807, 2.05) is 12.1 Å². The van der Waals surface area contributed by atoms with Gasteiger partial charge in [-0.25, -0.2) is 0 Å². The van der Waals surface area contributed by atoms with E-state index in [2.05, 4.69) is 0 Å². The van der Waals surface area contributed by atoms with Crippen LogP contribution in [-0.4, -0.2) is 43.9 Å². The van der Waals surface area contributed by atoms with Crippen LogP contribution < -0.4 is 14.2 Å². The van der Waals surface area contributed by atoms with Gasteiger partial charge in [-0.2, -0.15) is 0 Å². The zero-order valence-electron chi connectivity index (χ0n) is 8.59. The Hall–Kier alpha value is -0.581. The molecule has 0 unspecified atom stereocenters. The molecule has 0 aliphatic rings. The molecule has 1 aromatic rings. The van der Waals surface area contributed by atoms with Crippen molar-refractivity contribution >= 4 is 22.5 Å². The average molecular weight is 300 g/mol. The van der Waals surface area contributed by atoms with Crippen molar-refractivity contribution in [2.24, 2.45) is 0 Å². The van der Waals surface area contributed by atoms with Gasteiger partial charge in [0.2, 0.25) is 0 Å². The summed E-state index contributed by atoms with van der Waals surface area (Å²) < 4.78 is 16.7. The summed E-state index contributed by atoms with van der Waals surface area (Å²) in [5.74, 6) is 2.42. The van der Waals surface area contributed by atoms with E-state index in [9.17, 15) is 0 Å².